The van der Waals surface area contributed by atoms with Gasteiger partial charge in [0.2, 0.25) is 0 Å². The lowest BCUT2D eigenvalue weighted by Crippen LogP contribution is -2.28. The molecule has 4 N–H and O–H groups in total. The second-order valence-corrected chi connectivity index (χ2v) is 7.63. The summed E-state index contributed by atoms with van der Waals surface area (Å²) >= 11 is 1.84. The number of nitrogens with one attached hydrogen (secondary N) is 2. The van der Waals surface area contributed by atoms with E-state index in [1.807, 2.05) is 23.5 Å². The van der Waals surface area contributed by atoms with Gasteiger partial charge < -0.3 is 16.4 Å². The van der Waals surface area contributed by atoms with Gasteiger partial charge in [-0.25, -0.2) is 9.78 Å². The summed E-state index contributed by atoms with van der Waals surface area (Å²) in [5, 5.41) is 6.66. The molecular weight excluding hydrogens is 348 g/mol. The molecule has 0 saturated carbocycles. The Morgan fingerprint density at radius 1 is 1.12 bits per heavy atom. The fourth-order valence-electron chi connectivity index (χ4n) is 3.02. The monoisotopic (exact) mass is 372 g/mol. The first kappa shape index (κ1) is 18.4. The van der Waals surface area contributed by atoms with Gasteiger partial charge in [0, 0.05) is 30.0 Å². The molecule has 2 aromatic rings. The van der Waals surface area contributed by atoms with Crippen LogP contribution in [0.1, 0.15) is 50.8 Å². The number of rotatable bonds is 7. The number of benzene rings is 1. The minimum Gasteiger partial charge on any atom is -0.352 e. The molecule has 1 heterocycles. The van der Waals surface area contributed by atoms with E-state index >= 15 is 0 Å². The van der Waals surface area contributed by atoms with Crippen LogP contribution in [0, 0.1) is 0 Å². The summed E-state index contributed by atoms with van der Waals surface area (Å²) in [6.45, 7) is 0.989. The number of carbonyl (C=O) groups excluding carboxylic acids is 2. The number of urea groups is 1. The molecule has 1 aromatic carbocycles. The number of thiazole rings is 1. The summed E-state index contributed by atoms with van der Waals surface area (Å²) in [4.78, 5) is 29.1. The third-order valence-corrected chi connectivity index (χ3v) is 5.64. The number of amides is 3. The van der Waals surface area contributed by atoms with E-state index in [1.54, 1.807) is 12.1 Å². The Morgan fingerprint density at radius 2 is 1.88 bits per heavy atom. The van der Waals surface area contributed by atoms with Gasteiger partial charge in [0.15, 0.2) is 0 Å². The van der Waals surface area contributed by atoms with Crippen LogP contribution in [0.15, 0.2) is 24.3 Å². The number of primary amides is 1. The van der Waals surface area contributed by atoms with Crippen molar-refractivity contribution in [3.05, 3.63) is 51.0 Å². The van der Waals surface area contributed by atoms with Gasteiger partial charge >= 0.3 is 6.03 Å². The quantitative estimate of drug-likeness (QED) is 0.652. The van der Waals surface area contributed by atoms with E-state index in [-0.39, 0.29) is 5.91 Å². The van der Waals surface area contributed by atoms with Crippen molar-refractivity contribution in [3.63, 3.8) is 0 Å². The van der Waals surface area contributed by atoms with Crippen molar-refractivity contribution < 1.29 is 9.59 Å². The number of nitrogens with zero attached hydrogens (tertiary/aromatic N) is 1. The standard InChI is InChI=1S/C19H24N4O2S/c20-19(25)22-12-13-7-9-14(10-8-13)18(24)21-11-3-6-17-23-15-4-1-2-5-16(15)26-17/h7-10H,1-6,11-12H2,(H,21,24)(H3,20,22,25). The molecule has 0 spiro atoms. The van der Waals surface area contributed by atoms with Crippen LogP contribution >= 0.6 is 11.3 Å². The average Bonchev–Trinajstić information content (AvgIpc) is 3.06. The predicted molar refractivity (Wildman–Crippen MR) is 102 cm³/mol. The lowest BCUT2D eigenvalue weighted by molar-refractivity contribution is 0.0953. The summed E-state index contributed by atoms with van der Waals surface area (Å²) in [7, 11) is 0. The van der Waals surface area contributed by atoms with Gasteiger partial charge in [0.25, 0.3) is 5.91 Å². The third-order valence-electron chi connectivity index (χ3n) is 4.43. The summed E-state index contributed by atoms with van der Waals surface area (Å²) in [6, 6.07) is 6.56. The Labute approximate surface area is 157 Å². The number of fused-ring (bicyclic) bond motifs is 1. The normalized spacial score (nSPS) is 13.1. The van der Waals surface area contributed by atoms with Crippen molar-refractivity contribution in [1.82, 2.24) is 15.6 Å². The van der Waals surface area contributed by atoms with E-state index in [1.165, 1.54) is 34.8 Å². The zero-order chi connectivity index (χ0) is 18.4. The topological polar surface area (TPSA) is 97.1 Å². The lowest BCUT2D eigenvalue weighted by Gasteiger charge is -2.06. The van der Waals surface area contributed by atoms with Crippen molar-refractivity contribution in [1.29, 1.82) is 0 Å². The lowest BCUT2D eigenvalue weighted by atomic mass is 10.0. The number of nitrogens with two attached hydrogens (primary N) is 1. The number of hydrogen-bond acceptors (Lipinski definition) is 4. The molecule has 26 heavy (non-hydrogen) atoms. The highest BCUT2D eigenvalue weighted by atomic mass is 32.1. The SMILES string of the molecule is NC(=O)NCc1ccc(C(=O)NCCCc2nc3c(s2)CCCC3)cc1. The van der Waals surface area contributed by atoms with Crippen LogP contribution in [0.25, 0.3) is 0 Å². The molecule has 0 atom stereocenters. The minimum atomic E-state index is -0.562. The molecule has 138 valence electrons. The molecule has 3 amide bonds. The highest BCUT2D eigenvalue weighted by Gasteiger charge is 2.14. The van der Waals surface area contributed by atoms with Gasteiger partial charge in [-0.1, -0.05) is 12.1 Å². The smallest absolute Gasteiger partial charge is 0.312 e. The van der Waals surface area contributed by atoms with Gasteiger partial charge in [-0.15, -0.1) is 11.3 Å². The minimum absolute atomic E-state index is 0.0853. The predicted octanol–water partition coefficient (Wildman–Crippen LogP) is 2.55. The molecule has 3 rings (SSSR count). The largest absolute Gasteiger partial charge is 0.352 e. The molecule has 0 aliphatic heterocycles. The molecule has 0 fully saturated rings. The maximum Gasteiger partial charge on any atom is 0.312 e. The summed E-state index contributed by atoms with van der Waals surface area (Å²) in [6.07, 6.45) is 6.63. The zero-order valence-electron chi connectivity index (χ0n) is 14.7. The molecule has 6 nitrogen and oxygen atoms in total. The van der Waals surface area contributed by atoms with Crippen molar-refractivity contribution in [3.8, 4) is 0 Å². The Bertz CT molecular complexity index is 747. The molecule has 0 radical (unpaired) electrons. The van der Waals surface area contributed by atoms with E-state index in [9.17, 15) is 9.59 Å². The number of hydrogen-bond donors (Lipinski definition) is 3. The number of aromatic nitrogens is 1. The van der Waals surface area contributed by atoms with Crippen molar-refractivity contribution in [2.75, 3.05) is 6.54 Å². The maximum atomic E-state index is 12.2. The molecule has 0 saturated heterocycles. The fraction of sp³-hybridized carbons (Fsp3) is 0.421. The maximum absolute atomic E-state index is 12.2. The van der Waals surface area contributed by atoms with Crippen molar-refractivity contribution in [2.45, 2.75) is 45.1 Å². The van der Waals surface area contributed by atoms with Gasteiger partial charge in [0.1, 0.15) is 0 Å². The first-order valence-electron chi connectivity index (χ1n) is 9.00. The summed E-state index contributed by atoms with van der Waals surface area (Å²) < 4.78 is 0. The summed E-state index contributed by atoms with van der Waals surface area (Å²) in [5.74, 6) is -0.0853. The highest BCUT2D eigenvalue weighted by Crippen LogP contribution is 2.27. The van der Waals surface area contributed by atoms with E-state index in [4.69, 9.17) is 10.7 Å². The molecular formula is C19H24N4O2S. The van der Waals surface area contributed by atoms with E-state index in [0.29, 0.717) is 18.7 Å². The van der Waals surface area contributed by atoms with Crippen LogP contribution in [0.2, 0.25) is 0 Å². The second-order valence-electron chi connectivity index (χ2n) is 6.46. The van der Waals surface area contributed by atoms with Crippen LogP contribution in [0.4, 0.5) is 4.79 Å². The molecule has 1 aromatic heterocycles. The van der Waals surface area contributed by atoms with Gasteiger partial charge in [-0.05, 0) is 49.8 Å². The van der Waals surface area contributed by atoms with Gasteiger partial charge in [-0.2, -0.15) is 0 Å². The van der Waals surface area contributed by atoms with Crippen LogP contribution in [0.5, 0.6) is 0 Å². The van der Waals surface area contributed by atoms with Crippen LogP contribution in [-0.2, 0) is 25.8 Å². The molecule has 0 bridgehead atoms. The Morgan fingerprint density at radius 3 is 2.62 bits per heavy atom. The zero-order valence-corrected chi connectivity index (χ0v) is 15.5. The van der Waals surface area contributed by atoms with E-state index in [2.05, 4.69) is 10.6 Å². The Hall–Kier alpha value is -2.41. The first-order chi connectivity index (χ1) is 12.6. The molecule has 7 heteroatoms. The molecule has 1 aliphatic rings. The fourth-order valence-corrected chi connectivity index (χ4v) is 4.22. The Balaban J connectivity index is 1.41. The Kier molecular flexibility index (Phi) is 6.22. The average molecular weight is 372 g/mol. The van der Waals surface area contributed by atoms with E-state index < -0.39 is 6.03 Å². The van der Waals surface area contributed by atoms with E-state index in [0.717, 1.165) is 24.8 Å². The highest BCUT2D eigenvalue weighted by molar-refractivity contribution is 7.11. The number of aryl methyl sites for hydroxylation is 3. The third kappa shape index (κ3) is 5.05. The van der Waals surface area contributed by atoms with Crippen LogP contribution in [0.3, 0.4) is 0 Å². The first-order valence-corrected chi connectivity index (χ1v) is 9.81. The second kappa shape index (κ2) is 8.80. The molecule has 0 unspecified atom stereocenters. The van der Waals surface area contributed by atoms with Crippen molar-refractivity contribution >= 4 is 23.3 Å². The summed E-state index contributed by atoms with van der Waals surface area (Å²) in [5.41, 5.74) is 7.84. The van der Waals surface area contributed by atoms with Crippen molar-refractivity contribution in [2.24, 2.45) is 5.73 Å². The van der Waals surface area contributed by atoms with Crippen LogP contribution in [-0.4, -0.2) is 23.5 Å². The number of carbonyl (C=O) groups is 2. The van der Waals surface area contributed by atoms with Crippen LogP contribution < -0.4 is 16.4 Å². The van der Waals surface area contributed by atoms with Gasteiger partial charge in [0.05, 0.1) is 10.7 Å². The van der Waals surface area contributed by atoms with Gasteiger partial charge in [-0.3, -0.25) is 4.79 Å². The molecule has 1 aliphatic carbocycles.